The fraction of sp³-hybridized carbons (Fsp3) is 0.286. The molecule has 4 nitrogen and oxygen atoms in total. The second-order valence-electron chi connectivity index (χ2n) is 4.51. The highest BCUT2D eigenvalue weighted by atomic mass is 16.5. The normalized spacial score (nSPS) is 22.8. The van der Waals surface area contributed by atoms with Gasteiger partial charge in [0.25, 0.3) is 0 Å². The molecule has 92 valence electrons. The molecule has 1 aromatic rings. The summed E-state index contributed by atoms with van der Waals surface area (Å²) in [7, 11) is 0. The van der Waals surface area contributed by atoms with Crippen molar-refractivity contribution in [3.63, 3.8) is 0 Å². The molecule has 0 saturated heterocycles. The average Bonchev–Trinajstić information content (AvgIpc) is 2.35. The van der Waals surface area contributed by atoms with Crippen LogP contribution in [0, 0.1) is 0 Å². The van der Waals surface area contributed by atoms with E-state index >= 15 is 0 Å². The molecule has 2 aliphatic rings. The quantitative estimate of drug-likeness (QED) is 0.756. The standard InChI is InChI=1S/C14H12O4/c1-7-11-9(5-6-18-7)13(16)8-3-2-4-10(15)12(8)14(11)17/h2-4,7,15H,5-6H2,1H3. The molecule has 1 aromatic carbocycles. The van der Waals surface area contributed by atoms with Crippen LogP contribution < -0.4 is 0 Å². The van der Waals surface area contributed by atoms with E-state index < -0.39 is 6.10 Å². The minimum Gasteiger partial charge on any atom is -0.507 e. The number of hydrogen-bond donors (Lipinski definition) is 1. The van der Waals surface area contributed by atoms with Gasteiger partial charge >= 0.3 is 0 Å². The minimum absolute atomic E-state index is 0.110. The molecule has 3 rings (SSSR count). The number of carbonyl (C=O) groups is 2. The number of fused-ring (bicyclic) bond motifs is 1. The van der Waals surface area contributed by atoms with Crippen molar-refractivity contribution in [2.24, 2.45) is 0 Å². The van der Waals surface area contributed by atoms with E-state index in [9.17, 15) is 14.7 Å². The molecule has 0 aromatic heterocycles. The monoisotopic (exact) mass is 244 g/mol. The van der Waals surface area contributed by atoms with Crippen molar-refractivity contribution in [1.29, 1.82) is 0 Å². The Balaban J connectivity index is 2.27. The third-order valence-corrected chi connectivity index (χ3v) is 3.48. The van der Waals surface area contributed by atoms with Gasteiger partial charge in [-0.2, -0.15) is 0 Å². The van der Waals surface area contributed by atoms with Crippen molar-refractivity contribution in [1.82, 2.24) is 0 Å². The van der Waals surface area contributed by atoms with Crippen molar-refractivity contribution in [2.45, 2.75) is 19.4 Å². The number of ketones is 2. The Hall–Kier alpha value is -1.94. The third kappa shape index (κ3) is 1.36. The zero-order chi connectivity index (χ0) is 12.9. The Bertz CT molecular complexity index is 598. The summed E-state index contributed by atoms with van der Waals surface area (Å²) in [4.78, 5) is 24.7. The Morgan fingerprint density at radius 1 is 1.28 bits per heavy atom. The van der Waals surface area contributed by atoms with Crippen LogP contribution in [-0.4, -0.2) is 29.4 Å². The van der Waals surface area contributed by atoms with Crippen LogP contribution >= 0.6 is 0 Å². The van der Waals surface area contributed by atoms with E-state index in [1.807, 2.05) is 0 Å². The maximum absolute atomic E-state index is 12.4. The van der Waals surface area contributed by atoms with Gasteiger partial charge in [0, 0.05) is 23.1 Å². The first-order valence-corrected chi connectivity index (χ1v) is 5.87. The van der Waals surface area contributed by atoms with Gasteiger partial charge in [0.15, 0.2) is 11.6 Å². The first kappa shape index (κ1) is 11.2. The lowest BCUT2D eigenvalue weighted by atomic mass is 9.79. The molecule has 0 saturated carbocycles. The summed E-state index contributed by atoms with van der Waals surface area (Å²) >= 11 is 0. The summed E-state index contributed by atoms with van der Waals surface area (Å²) in [6.07, 6.45) is 0.0669. The van der Waals surface area contributed by atoms with Crippen LogP contribution in [0.4, 0.5) is 0 Å². The van der Waals surface area contributed by atoms with Gasteiger partial charge < -0.3 is 9.84 Å². The van der Waals surface area contributed by atoms with Gasteiger partial charge in [-0.15, -0.1) is 0 Å². The van der Waals surface area contributed by atoms with Crippen LogP contribution in [0.3, 0.4) is 0 Å². The maximum atomic E-state index is 12.4. The zero-order valence-corrected chi connectivity index (χ0v) is 9.90. The fourth-order valence-corrected chi connectivity index (χ4v) is 2.62. The molecule has 18 heavy (non-hydrogen) atoms. The average molecular weight is 244 g/mol. The summed E-state index contributed by atoms with van der Waals surface area (Å²) in [6, 6.07) is 4.58. The van der Waals surface area contributed by atoms with E-state index in [-0.39, 0.29) is 22.9 Å². The molecule has 1 unspecified atom stereocenters. The molecular formula is C14H12O4. The Morgan fingerprint density at radius 2 is 2.06 bits per heavy atom. The summed E-state index contributed by atoms with van der Waals surface area (Å²) in [5.74, 6) is -0.592. The molecule has 1 aliphatic carbocycles. The molecule has 0 amide bonds. The molecule has 0 bridgehead atoms. The predicted molar refractivity (Wildman–Crippen MR) is 63.8 cm³/mol. The van der Waals surface area contributed by atoms with Gasteiger partial charge in [-0.25, -0.2) is 0 Å². The highest BCUT2D eigenvalue weighted by Gasteiger charge is 2.38. The second-order valence-corrected chi connectivity index (χ2v) is 4.51. The molecule has 0 radical (unpaired) electrons. The first-order valence-electron chi connectivity index (χ1n) is 5.87. The van der Waals surface area contributed by atoms with E-state index in [1.165, 1.54) is 6.07 Å². The van der Waals surface area contributed by atoms with Crippen molar-refractivity contribution in [2.75, 3.05) is 6.61 Å². The number of phenolic OH excluding ortho intramolecular Hbond substituents is 1. The minimum atomic E-state index is -0.391. The van der Waals surface area contributed by atoms with Gasteiger partial charge in [0.1, 0.15) is 5.75 Å². The van der Waals surface area contributed by atoms with Gasteiger partial charge in [-0.05, 0) is 13.0 Å². The number of Topliss-reactive ketones (excluding diaryl/α,β-unsaturated/α-hetero) is 2. The molecule has 1 N–H and O–H groups in total. The Labute approximate surface area is 104 Å². The number of phenols is 1. The van der Waals surface area contributed by atoms with Crippen molar-refractivity contribution < 1.29 is 19.4 Å². The number of hydrogen-bond acceptors (Lipinski definition) is 4. The summed E-state index contributed by atoms with van der Waals surface area (Å²) in [5, 5.41) is 9.78. The predicted octanol–water partition coefficient (Wildman–Crippen LogP) is 1.88. The van der Waals surface area contributed by atoms with Crippen molar-refractivity contribution >= 4 is 11.6 Å². The maximum Gasteiger partial charge on any atom is 0.196 e. The molecule has 1 atom stereocenters. The highest BCUT2D eigenvalue weighted by molar-refractivity contribution is 6.28. The summed E-state index contributed by atoms with van der Waals surface area (Å²) in [6.45, 7) is 2.21. The number of carbonyl (C=O) groups excluding carboxylic acids is 2. The molecule has 1 heterocycles. The molecule has 4 heteroatoms. The van der Waals surface area contributed by atoms with Crippen LogP contribution in [0.2, 0.25) is 0 Å². The SMILES string of the molecule is CC1OCCC2=C1C(=O)c1c(O)cccc1C2=O. The summed E-state index contributed by atoms with van der Waals surface area (Å²) in [5.41, 5.74) is 1.35. The van der Waals surface area contributed by atoms with Crippen LogP contribution in [0.25, 0.3) is 0 Å². The summed E-state index contributed by atoms with van der Waals surface area (Å²) < 4.78 is 5.41. The van der Waals surface area contributed by atoms with Gasteiger partial charge in [0.2, 0.25) is 0 Å². The van der Waals surface area contributed by atoms with Crippen LogP contribution in [-0.2, 0) is 4.74 Å². The lowest BCUT2D eigenvalue weighted by Gasteiger charge is -2.29. The lowest BCUT2D eigenvalue weighted by molar-refractivity contribution is 0.0652. The van der Waals surface area contributed by atoms with Crippen LogP contribution in [0.5, 0.6) is 5.75 Å². The largest absolute Gasteiger partial charge is 0.507 e. The Morgan fingerprint density at radius 3 is 2.83 bits per heavy atom. The topological polar surface area (TPSA) is 63.6 Å². The van der Waals surface area contributed by atoms with Crippen LogP contribution in [0.15, 0.2) is 29.3 Å². The van der Waals surface area contributed by atoms with E-state index in [0.29, 0.717) is 29.7 Å². The number of rotatable bonds is 0. The highest BCUT2D eigenvalue weighted by Crippen LogP contribution is 2.36. The number of aromatic hydroxyl groups is 1. The smallest absolute Gasteiger partial charge is 0.196 e. The Kier molecular flexibility index (Phi) is 2.35. The van der Waals surface area contributed by atoms with Gasteiger partial charge in [-0.1, -0.05) is 12.1 Å². The van der Waals surface area contributed by atoms with E-state index in [4.69, 9.17) is 4.74 Å². The number of ether oxygens (including phenoxy) is 1. The molecule has 0 fully saturated rings. The van der Waals surface area contributed by atoms with E-state index in [0.717, 1.165) is 0 Å². The number of benzene rings is 1. The fourth-order valence-electron chi connectivity index (χ4n) is 2.62. The molecular weight excluding hydrogens is 232 g/mol. The van der Waals surface area contributed by atoms with Crippen LogP contribution in [0.1, 0.15) is 34.1 Å². The van der Waals surface area contributed by atoms with E-state index in [1.54, 1.807) is 19.1 Å². The molecule has 1 aliphatic heterocycles. The van der Waals surface area contributed by atoms with E-state index in [2.05, 4.69) is 0 Å². The van der Waals surface area contributed by atoms with Gasteiger partial charge in [-0.3, -0.25) is 9.59 Å². The van der Waals surface area contributed by atoms with Gasteiger partial charge in [0.05, 0.1) is 18.3 Å². The third-order valence-electron chi connectivity index (χ3n) is 3.48. The first-order chi connectivity index (χ1) is 8.61. The van der Waals surface area contributed by atoms with Crippen molar-refractivity contribution in [3.8, 4) is 5.75 Å². The zero-order valence-electron chi connectivity index (χ0n) is 9.90. The lowest BCUT2D eigenvalue weighted by Crippen LogP contribution is -2.33. The van der Waals surface area contributed by atoms with Crippen molar-refractivity contribution in [3.05, 3.63) is 40.5 Å². The molecule has 0 spiro atoms. The second kappa shape index (κ2) is 3.78.